The number of nitriles is 1. The molecular weight excluding hydrogens is 251 g/mol. The lowest BCUT2D eigenvalue weighted by Crippen LogP contribution is -1.92. The third-order valence-electron chi connectivity index (χ3n) is 2.10. The van der Waals surface area contributed by atoms with Gasteiger partial charge in [0.05, 0.1) is 17.5 Å². The molecule has 0 radical (unpaired) electrons. The van der Waals surface area contributed by atoms with Gasteiger partial charge in [0.2, 0.25) is 5.13 Å². The Hall–Kier alpha value is -2.26. The third-order valence-corrected chi connectivity index (χ3v) is 2.97. The molecule has 18 heavy (non-hydrogen) atoms. The van der Waals surface area contributed by atoms with Crippen LogP contribution >= 0.6 is 11.3 Å². The second kappa shape index (κ2) is 5.38. The van der Waals surface area contributed by atoms with Crippen molar-refractivity contribution < 1.29 is 4.39 Å². The number of nitrogens with one attached hydrogen (secondary N) is 1. The number of aromatic nitrogens is 1. The Labute approximate surface area is 107 Å². The molecule has 0 unspecified atom stereocenters. The lowest BCUT2D eigenvalue weighted by atomic mass is 10.1. The van der Waals surface area contributed by atoms with Crippen LogP contribution in [-0.2, 0) is 0 Å². The molecule has 0 spiro atoms. The first kappa shape index (κ1) is 12.2. The number of hydrazone groups is 1. The number of aryl methyl sites for hydroxylation is 1. The lowest BCUT2D eigenvalue weighted by molar-refractivity contribution is 0.624. The number of rotatable bonds is 3. The number of anilines is 1. The predicted octanol–water partition coefficient (Wildman–Crippen LogP) is 2.91. The number of benzene rings is 1. The summed E-state index contributed by atoms with van der Waals surface area (Å²) in [6, 6.07) is 6.01. The van der Waals surface area contributed by atoms with Crippen LogP contribution in [0.3, 0.4) is 0 Å². The zero-order valence-electron chi connectivity index (χ0n) is 9.51. The van der Waals surface area contributed by atoms with Crippen molar-refractivity contribution in [1.82, 2.24) is 4.98 Å². The zero-order valence-corrected chi connectivity index (χ0v) is 10.3. The van der Waals surface area contributed by atoms with Gasteiger partial charge in [-0.15, -0.1) is 11.3 Å². The molecule has 90 valence electrons. The van der Waals surface area contributed by atoms with Crippen LogP contribution in [0.2, 0.25) is 0 Å². The average Bonchev–Trinajstić information content (AvgIpc) is 2.77. The Balaban J connectivity index is 2.07. The summed E-state index contributed by atoms with van der Waals surface area (Å²) in [5.41, 5.74) is 4.34. The first-order valence-electron chi connectivity index (χ1n) is 5.10. The van der Waals surface area contributed by atoms with Crippen molar-refractivity contribution in [2.75, 3.05) is 5.43 Å². The maximum Gasteiger partial charge on any atom is 0.203 e. The number of nitrogens with zero attached hydrogens (tertiary/aromatic N) is 3. The van der Waals surface area contributed by atoms with E-state index in [0.717, 1.165) is 5.69 Å². The molecular formula is C12H9FN4S. The molecule has 0 fully saturated rings. The van der Waals surface area contributed by atoms with Gasteiger partial charge < -0.3 is 0 Å². The molecule has 1 heterocycles. The van der Waals surface area contributed by atoms with Crippen molar-refractivity contribution in [3.05, 3.63) is 46.2 Å². The van der Waals surface area contributed by atoms with E-state index in [0.29, 0.717) is 10.7 Å². The summed E-state index contributed by atoms with van der Waals surface area (Å²) in [6.07, 6.45) is 1.51. The normalized spacial score (nSPS) is 10.5. The van der Waals surface area contributed by atoms with Gasteiger partial charge in [-0.25, -0.2) is 9.37 Å². The Bertz CT molecular complexity index is 627. The standard InChI is InChI=1S/C12H9FN4S/c1-8-7-18-12(16-8)17-15-6-9-2-3-11(13)10(4-9)5-14/h2-4,6-7H,1H3,(H,16,17). The van der Waals surface area contributed by atoms with Crippen LogP contribution in [0, 0.1) is 24.1 Å². The van der Waals surface area contributed by atoms with Crippen molar-refractivity contribution in [2.45, 2.75) is 6.92 Å². The van der Waals surface area contributed by atoms with Gasteiger partial charge in [0.15, 0.2) is 0 Å². The van der Waals surface area contributed by atoms with Crippen LogP contribution in [0.5, 0.6) is 0 Å². The summed E-state index contributed by atoms with van der Waals surface area (Å²) in [7, 11) is 0. The summed E-state index contributed by atoms with van der Waals surface area (Å²) < 4.78 is 13.1. The molecule has 2 rings (SSSR count). The molecule has 0 saturated carbocycles. The minimum Gasteiger partial charge on any atom is -0.253 e. The largest absolute Gasteiger partial charge is 0.253 e. The van der Waals surface area contributed by atoms with Crippen LogP contribution in [-0.4, -0.2) is 11.2 Å². The monoisotopic (exact) mass is 260 g/mol. The molecule has 1 aromatic carbocycles. The Morgan fingerprint density at radius 1 is 1.56 bits per heavy atom. The van der Waals surface area contributed by atoms with E-state index >= 15 is 0 Å². The molecule has 0 atom stereocenters. The molecule has 0 saturated heterocycles. The first-order valence-corrected chi connectivity index (χ1v) is 5.98. The van der Waals surface area contributed by atoms with Gasteiger partial charge in [0.1, 0.15) is 11.9 Å². The number of hydrogen-bond acceptors (Lipinski definition) is 5. The van der Waals surface area contributed by atoms with Gasteiger partial charge >= 0.3 is 0 Å². The van der Waals surface area contributed by atoms with Crippen molar-refractivity contribution in [1.29, 1.82) is 5.26 Å². The van der Waals surface area contributed by atoms with Crippen LogP contribution in [0.25, 0.3) is 0 Å². The average molecular weight is 260 g/mol. The minimum absolute atomic E-state index is 0.00374. The second-order valence-electron chi connectivity index (χ2n) is 3.52. The fourth-order valence-electron chi connectivity index (χ4n) is 1.28. The minimum atomic E-state index is -0.529. The molecule has 0 aliphatic carbocycles. The van der Waals surface area contributed by atoms with Gasteiger partial charge in [-0.3, -0.25) is 5.43 Å². The lowest BCUT2D eigenvalue weighted by Gasteiger charge is -1.96. The molecule has 4 nitrogen and oxygen atoms in total. The van der Waals surface area contributed by atoms with E-state index in [2.05, 4.69) is 15.5 Å². The highest BCUT2D eigenvalue weighted by Crippen LogP contribution is 2.14. The van der Waals surface area contributed by atoms with Crippen LogP contribution in [0.15, 0.2) is 28.7 Å². The first-order chi connectivity index (χ1) is 8.69. The summed E-state index contributed by atoms with van der Waals surface area (Å²) in [6.45, 7) is 1.89. The molecule has 0 bridgehead atoms. The maximum atomic E-state index is 13.1. The topological polar surface area (TPSA) is 61.1 Å². The second-order valence-corrected chi connectivity index (χ2v) is 4.37. The van der Waals surface area contributed by atoms with Crippen LogP contribution in [0.4, 0.5) is 9.52 Å². The van der Waals surface area contributed by atoms with Crippen LogP contribution < -0.4 is 5.43 Å². The summed E-state index contributed by atoms with van der Waals surface area (Å²) in [5.74, 6) is -0.529. The quantitative estimate of drug-likeness (QED) is 0.681. The van der Waals surface area contributed by atoms with E-state index in [-0.39, 0.29) is 5.56 Å². The summed E-state index contributed by atoms with van der Waals surface area (Å²) in [5, 5.41) is 15.3. The van der Waals surface area contributed by atoms with E-state index in [4.69, 9.17) is 5.26 Å². The van der Waals surface area contributed by atoms with Gasteiger partial charge in [-0.1, -0.05) is 6.07 Å². The highest BCUT2D eigenvalue weighted by atomic mass is 32.1. The van der Waals surface area contributed by atoms with Crippen molar-refractivity contribution in [2.24, 2.45) is 5.10 Å². The summed E-state index contributed by atoms with van der Waals surface area (Å²) >= 11 is 1.45. The fourth-order valence-corrected chi connectivity index (χ4v) is 1.91. The fraction of sp³-hybridized carbons (Fsp3) is 0.0833. The molecule has 0 aliphatic heterocycles. The Morgan fingerprint density at radius 2 is 2.39 bits per heavy atom. The van der Waals surface area contributed by atoms with Crippen LogP contribution in [0.1, 0.15) is 16.8 Å². The van der Waals surface area contributed by atoms with Gasteiger partial charge in [0.25, 0.3) is 0 Å². The predicted molar refractivity (Wildman–Crippen MR) is 69.2 cm³/mol. The number of hydrogen-bond donors (Lipinski definition) is 1. The van der Waals surface area contributed by atoms with Gasteiger partial charge in [-0.2, -0.15) is 10.4 Å². The molecule has 1 aromatic heterocycles. The Morgan fingerprint density at radius 3 is 3.06 bits per heavy atom. The highest BCUT2D eigenvalue weighted by Gasteiger charge is 2.01. The molecule has 1 N–H and O–H groups in total. The smallest absolute Gasteiger partial charge is 0.203 e. The number of halogens is 1. The maximum absolute atomic E-state index is 13.1. The van der Waals surface area contributed by atoms with E-state index < -0.39 is 5.82 Å². The number of thiazole rings is 1. The summed E-state index contributed by atoms with van der Waals surface area (Å²) in [4.78, 5) is 4.17. The van der Waals surface area contributed by atoms with E-state index in [1.165, 1.54) is 29.7 Å². The molecule has 0 amide bonds. The third kappa shape index (κ3) is 2.90. The van der Waals surface area contributed by atoms with Crippen molar-refractivity contribution in [3.8, 4) is 6.07 Å². The van der Waals surface area contributed by atoms with Crippen molar-refractivity contribution in [3.63, 3.8) is 0 Å². The molecule has 0 aliphatic rings. The van der Waals surface area contributed by atoms with Gasteiger partial charge in [-0.05, 0) is 24.6 Å². The van der Waals surface area contributed by atoms with E-state index in [1.54, 1.807) is 12.1 Å². The SMILES string of the molecule is Cc1csc(NN=Cc2ccc(F)c(C#N)c2)n1. The Kier molecular flexibility index (Phi) is 3.65. The van der Waals surface area contributed by atoms with Crippen molar-refractivity contribution >= 4 is 22.7 Å². The van der Waals surface area contributed by atoms with Gasteiger partial charge in [0, 0.05) is 5.38 Å². The van der Waals surface area contributed by atoms with E-state index in [1.807, 2.05) is 12.3 Å². The molecule has 2 aromatic rings. The molecule has 6 heteroatoms. The highest BCUT2D eigenvalue weighted by molar-refractivity contribution is 7.13. The van der Waals surface area contributed by atoms with E-state index in [9.17, 15) is 4.39 Å². The zero-order chi connectivity index (χ0) is 13.0.